The van der Waals surface area contributed by atoms with Crippen LogP contribution in [0.2, 0.25) is 5.04 Å². The summed E-state index contributed by atoms with van der Waals surface area (Å²) in [6, 6.07) is 29.0. The minimum Gasteiger partial charge on any atom is -0.424 e. The van der Waals surface area contributed by atoms with E-state index >= 15 is 0 Å². The molecule has 1 atom stereocenters. The average Bonchev–Trinajstić information content (AvgIpc) is 2.93. The SMILES string of the molecule is CCc1ccccc1C(CO)OC1CCC(CC(C)(C)[Si](O)(c2ccccc2)c2ccccc2)CC1. The highest BCUT2D eigenvalue weighted by Crippen LogP contribution is 2.45. The Morgan fingerprint density at radius 2 is 1.36 bits per heavy atom. The number of hydrogen-bond donors (Lipinski definition) is 2. The normalized spacial score (nSPS) is 19.7. The number of aliphatic hydroxyl groups excluding tert-OH is 1. The Hall–Kier alpha value is -2.24. The van der Waals surface area contributed by atoms with Crippen LogP contribution in [0.5, 0.6) is 0 Å². The number of ether oxygens (including phenoxy) is 1. The van der Waals surface area contributed by atoms with E-state index in [1.54, 1.807) is 0 Å². The molecule has 0 amide bonds. The third-order valence-corrected chi connectivity index (χ3v) is 12.8. The van der Waals surface area contributed by atoms with Gasteiger partial charge in [-0.2, -0.15) is 0 Å². The van der Waals surface area contributed by atoms with Crippen LogP contribution in [0.4, 0.5) is 0 Å². The van der Waals surface area contributed by atoms with Gasteiger partial charge in [-0.25, -0.2) is 0 Å². The largest absolute Gasteiger partial charge is 0.424 e. The molecule has 0 heterocycles. The number of hydrogen-bond acceptors (Lipinski definition) is 3. The van der Waals surface area contributed by atoms with Gasteiger partial charge in [0, 0.05) is 0 Å². The first-order valence-electron chi connectivity index (χ1n) is 13.6. The Bertz CT molecular complexity index is 1040. The fraction of sp³-hybridized carbons (Fsp3) is 0.438. The molecule has 0 radical (unpaired) electrons. The zero-order valence-corrected chi connectivity index (χ0v) is 23.1. The molecule has 1 fully saturated rings. The minimum absolute atomic E-state index is 0.0107. The lowest BCUT2D eigenvalue weighted by Crippen LogP contribution is -2.65. The maximum atomic E-state index is 12.5. The van der Waals surface area contributed by atoms with Crippen molar-refractivity contribution in [1.82, 2.24) is 0 Å². The summed E-state index contributed by atoms with van der Waals surface area (Å²) >= 11 is 0. The maximum Gasteiger partial charge on any atom is 0.258 e. The summed E-state index contributed by atoms with van der Waals surface area (Å²) in [6.07, 6.45) is 6.04. The highest BCUT2D eigenvalue weighted by atomic mass is 28.4. The summed E-state index contributed by atoms with van der Waals surface area (Å²) in [5.41, 5.74) is 2.37. The molecule has 1 aliphatic carbocycles. The molecule has 0 aliphatic heterocycles. The van der Waals surface area contributed by atoms with Crippen molar-refractivity contribution in [3.8, 4) is 0 Å². The summed E-state index contributed by atoms with van der Waals surface area (Å²) in [7, 11) is -2.98. The monoisotopic (exact) mass is 502 g/mol. The van der Waals surface area contributed by atoms with Crippen molar-refractivity contribution in [2.45, 2.75) is 76.5 Å². The second kappa shape index (κ2) is 11.9. The third-order valence-electron chi connectivity index (χ3n) is 8.26. The van der Waals surface area contributed by atoms with Gasteiger partial charge in [-0.05, 0) is 71.0 Å². The number of rotatable bonds is 10. The lowest BCUT2D eigenvalue weighted by Gasteiger charge is -2.44. The van der Waals surface area contributed by atoms with Gasteiger partial charge in [0.05, 0.1) is 12.7 Å². The first-order chi connectivity index (χ1) is 17.4. The van der Waals surface area contributed by atoms with Crippen molar-refractivity contribution in [1.29, 1.82) is 0 Å². The quantitative estimate of drug-likeness (QED) is 0.346. The standard InChI is InChI=1S/C32H42O3Si/c1-4-26-13-11-12-18-30(26)31(24-33)35-27-21-19-25(20-22-27)23-32(2,3)36(34,28-14-7-5-8-15-28)29-16-9-6-10-17-29/h5-18,25,27,31,33-34H,4,19-24H2,1-3H3. The molecule has 0 spiro atoms. The third kappa shape index (κ3) is 5.68. The molecule has 1 unspecified atom stereocenters. The van der Waals surface area contributed by atoms with Crippen LogP contribution < -0.4 is 10.4 Å². The molecule has 4 rings (SSSR count). The predicted octanol–water partition coefficient (Wildman–Crippen LogP) is 5.78. The second-order valence-corrected chi connectivity index (χ2v) is 15.0. The molecule has 192 valence electrons. The van der Waals surface area contributed by atoms with E-state index in [1.807, 2.05) is 42.5 Å². The highest BCUT2D eigenvalue weighted by Gasteiger charge is 2.50. The second-order valence-electron chi connectivity index (χ2n) is 11.0. The molecule has 0 bridgehead atoms. The smallest absolute Gasteiger partial charge is 0.258 e. The van der Waals surface area contributed by atoms with Crippen molar-refractivity contribution in [3.05, 3.63) is 96.1 Å². The van der Waals surface area contributed by atoms with Crippen LogP contribution in [0.25, 0.3) is 0 Å². The molecule has 0 aromatic heterocycles. The minimum atomic E-state index is -2.98. The number of aryl methyl sites for hydroxylation is 1. The van der Waals surface area contributed by atoms with E-state index in [0.29, 0.717) is 5.92 Å². The Morgan fingerprint density at radius 1 is 0.833 bits per heavy atom. The van der Waals surface area contributed by atoms with Crippen molar-refractivity contribution >= 4 is 18.7 Å². The van der Waals surface area contributed by atoms with Crippen LogP contribution in [-0.2, 0) is 11.2 Å². The van der Waals surface area contributed by atoms with Crippen molar-refractivity contribution in [3.63, 3.8) is 0 Å². The van der Waals surface area contributed by atoms with Gasteiger partial charge < -0.3 is 14.6 Å². The molecule has 3 aromatic carbocycles. The molecule has 1 aliphatic rings. The van der Waals surface area contributed by atoms with Crippen LogP contribution in [0.15, 0.2) is 84.9 Å². The molecule has 2 N–H and O–H groups in total. The Morgan fingerprint density at radius 3 is 1.89 bits per heavy atom. The lowest BCUT2D eigenvalue weighted by atomic mass is 9.82. The summed E-state index contributed by atoms with van der Waals surface area (Å²) in [5, 5.41) is 12.0. The molecule has 3 aromatic rings. The van der Waals surface area contributed by atoms with Gasteiger partial charge in [-0.1, -0.05) is 106 Å². The van der Waals surface area contributed by atoms with E-state index in [0.717, 1.165) is 54.5 Å². The van der Waals surface area contributed by atoms with Gasteiger partial charge in [0.25, 0.3) is 8.32 Å². The molecule has 36 heavy (non-hydrogen) atoms. The van der Waals surface area contributed by atoms with Crippen molar-refractivity contribution in [2.75, 3.05) is 6.61 Å². The van der Waals surface area contributed by atoms with Gasteiger partial charge in [-0.15, -0.1) is 0 Å². The summed E-state index contributed by atoms with van der Waals surface area (Å²) < 4.78 is 6.46. The molecular weight excluding hydrogens is 460 g/mol. The lowest BCUT2D eigenvalue weighted by molar-refractivity contribution is -0.0614. The zero-order chi connectivity index (χ0) is 25.6. The van der Waals surface area contributed by atoms with Crippen LogP contribution in [0.1, 0.15) is 70.1 Å². The van der Waals surface area contributed by atoms with Gasteiger partial charge >= 0.3 is 0 Å². The van der Waals surface area contributed by atoms with E-state index in [1.165, 1.54) is 5.56 Å². The molecule has 3 nitrogen and oxygen atoms in total. The van der Waals surface area contributed by atoms with Gasteiger partial charge in [0.2, 0.25) is 0 Å². The fourth-order valence-corrected chi connectivity index (χ4v) is 10.1. The highest BCUT2D eigenvalue weighted by molar-refractivity contribution is 6.98. The van der Waals surface area contributed by atoms with Gasteiger partial charge in [0.1, 0.15) is 6.10 Å². The number of aliphatic hydroxyl groups is 1. The van der Waals surface area contributed by atoms with E-state index in [9.17, 15) is 9.90 Å². The first-order valence-corrected chi connectivity index (χ1v) is 15.5. The summed E-state index contributed by atoms with van der Waals surface area (Å²) in [6.45, 7) is 6.70. The molecule has 0 saturated heterocycles. The van der Waals surface area contributed by atoms with Crippen LogP contribution >= 0.6 is 0 Å². The van der Waals surface area contributed by atoms with Crippen molar-refractivity contribution < 1.29 is 14.6 Å². The molecule has 1 saturated carbocycles. The Kier molecular flexibility index (Phi) is 8.84. The van der Waals surface area contributed by atoms with Crippen molar-refractivity contribution in [2.24, 2.45) is 5.92 Å². The first kappa shape index (κ1) is 26.8. The zero-order valence-electron chi connectivity index (χ0n) is 22.1. The van der Waals surface area contributed by atoms with Crippen LogP contribution in [0.3, 0.4) is 0 Å². The Labute approximate surface area is 218 Å². The maximum absolute atomic E-state index is 12.5. The van der Waals surface area contributed by atoms with Crippen LogP contribution in [-0.4, -0.2) is 30.9 Å². The van der Waals surface area contributed by atoms with E-state index in [2.05, 4.69) is 63.2 Å². The number of benzene rings is 3. The van der Waals surface area contributed by atoms with E-state index < -0.39 is 8.32 Å². The fourth-order valence-electron chi connectivity index (χ4n) is 6.27. The van der Waals surface area contributed by atoms with E-state index in [-0.39, 0.29) is 23.9 Å². The van der Waals surface area contributed by atoms with Crippen LogP contribution in [0, 0.1) is 5.92 Å². The molecular formula is C32H42O3Si. The summed E-state index contributed by atoms with van der Waals surface area (Å²) in [4.78, 5) is 12.5. The van der Waals surface area contributed by atoms with Gasteiger partial charge in [0.15, 0.2) is 0 Å². The average molecular weight is 503 g/mol. The van der Waals surface area contributed by atoms with Gasteiger partial charge in [-0.3, -0.25) is 0 Å². The van der Waals surface area contributed by atoms with E-state index in [4.69, 9.17) is 4.74 Å². The topological polar surface area (TPSA) is 49.7 Å². The Balaban J connectivity index is 1.45. The summed E-state index contributed by atoms with van der Waals surface area (Å²) in [5.74, 6) is 0.557. The molecule has 4 heteroatoms. The predicted molar refractivity (Wildman–Crippen MR) is 151 cm³/mol.